The van der Waals surface area contributed by atoms with Crippen LogP contribution in [0.1, 0.15) is 15.9 Å². The summed E-state index contributed by atoms with van der Waals surface area (Å²) in [5, 5.41) is 15.9. The summed E-state index contributed by atoms with van der Waals surface area (Å²) >= 11 is 6.13. The monoisotopic (exact) mass is 475 g/mol. The minimum atomic E-state index is -1.65. The van der Waals surface area contributed by atoms with Gasteiger partial charge in [-0.05, 0) is 18.2 Å². The lowest BCUT2D eigenvalue weighted by Gasteiger charge is -2.39. The zero-order chi connectivity index (χ0) is 23.4. The fraction of sp³-hybridized carbons (Fsp3) is 0.348. The molecular weight excluding hydrogens is 452 g/mol. The van der Waals surface area contributed by atoms with Gasteiger partial charge in [0.15, 0.2) is 5.78 Å². The Morgan fingerprint density at radius 1 is 1.06 bits per heavy atom. The molecule has 1 saturated heterocycles. The SMILES string of the molecule is O=C(CN1CCN(CC(O)(Cn2cncn2)c2ccc(F)cc2F)CC1)c1ccccc1Cl. The van der Waals surface area contributed by atoms with E-state index in [-0.39, 0.29) is 31.0 Å². The molecule has 1 aromatic heterocycles. The van der Waals surface area contributed by atoms with E-state index < -0.39 is 17.2 Å². The molecule has 2 heterocycles. The smallest absolute Gasteiger partial charge is 0.178 e. The molecule has 1 atom stereocenters. The summed E-state index contributed by atoms with van der Waals surface area (Å²) in [5.41, 5.74) is -1.16. The van der Waals surface area contributed by atoms with Crippen LogP contribution in [0.25, 0.3) is 0 Å². The second-order valence-electron chi connectivity index (χ2n) is 8.20. The van der Waals surface area contributed by atoms with E-state index in [1.807, 2.05) is 9.80 Å². The molecule has 1 unspecified atom stereocenters. The number of hydrogen-bond acceptors (Lipinski definition) is 6. The van der Waals surface area contributed by atoms with Gasteiger partial charge in [0.2, 0.25) is 0 Å². The summed E-state index contributed by atoms with van der Waals surface area (Å²) in [7, 11) is 0. The summed E-state index contributed by atoms with van der Waals surface area (Å²) < 4.78 is 29.5. The number of piperazine rings is 1. The van der Waals surface area contributed by atoms with E-state index >= 15 is 0 Å². The maximum Gasteiger partial charge on any atom is 0.178 e. The number of benzene rings is 2. The van der Waals surface area contributed by atoms with Crippen LogP contribution in [0.3, 0.4) is 0 Å². The molecule has 174 valence electrons. The van der Waals surface area contributed by atoms with E-state index in [4.69, 9.17) is 11.6 Å². The summed E-state index contributed by atoms with van der Waals surface area (Å²) in [6.45, 7) is 2.65. The third-order valence-corrected chi connectivity index (χ3v) is 6.14. The fourth-order valence-electron chi connectivity index (χ4n) is 4.12. The number of carbonyl (C=O) groups excluding carboxylic acids is 1. The Morgan fingerprint density at radius 2 is 1.79 bits per heavy atom. The molecule has 1 aliphatic heterocycles. The molecule has 33 heavy (non-hydrogen) atoms. The summed E-state index contributed by atoms with van der Waals surface area (Å²) in [5.74, 6) is -1.58. The maximum atomic E-state index is 14.6. The van der Waals surface area contributed by atoms with Crippen molar-refractivity contribution in [3.8, 4) is 0 Å². The van der Waals surface area contributed by atoms with Crippen molar-refractivity contribution in [1.82, 2.24) is 24.6 Å². The summed E-state index contributed by atoms with van der Waals surface area (Å²) in [6, 6.07) is 10.1. The molecule has 0 bridgehead atoms. The number of Topliss-reactive ketones (excluding diaryl/α,β-unsaturated/α-hetero) is 1. The first kappa shape index (κ1) is 23.4. The van der Waals surface area contributed by atoms with Crippen LogP contribution in [0.4, 0.5) is 8.78 Å². The molecule has 4 rings (SSSR count). The zero-order valence-electron chi connectivity index (χ0n) is 17.9. The Balaban J connectivity index is 1.43. The predicted molar refractivity (Wildman–Crippen MR) is 119 cm³/mol. The second kappa shape index (κ2) is 10.0. The van der Waals surface area contributed by atoms with Crippen molar-refractivity contribution < 1.29 is 18.7 Å². The molecule has 0 aliphatic carbocycles. The molecule has 0 spiro atoms. The first-order chi connectivity index (χ1) is 15.8. The Bertz CT molecular complexity index is 1110. The standard InChI is InChI=1S/C23H24ClF2N5O2/c24-20-4-2-1-3-18(20)22(32)12-29-7-9-30(10-8-29)13-23(33,14-31-16-27-15-28-31)19-6-5-17(25)11-21(19)26/h1-6,11,15-16,33H,7-10,12-14H2. The van der Waals surface area contributed by atoms with Gasteiger partial charge in [0.25, 0.3) is 0 Å². The van der Waals surface area contributed by atoms with Crippen molar-refractivity contribution in [3.05, 3.63) is 82.9 Å². The molecule has 3 aromatic rings. The van der Waals surface area contributed by atoms with Crippen LogP contribution in [-0.2, 0) is 12.1 Å². The number of ketones is 1. The van der Waals surface area contributed by atoms with Crippen molar-refractivity contribution >= 4 is 17.4 Å². The van der Waals surface area contributed by atoms with Crippen LogP contribution in [0.5, 0.6) is 0 Å². The van der Waals surface area contributed by atoms with E-state index in [0.29, 0.717) is 36.8 Å². The number of β-amino-alcohol motifs (C(OH)–C–C–N with tert-alkyl or cyclic N) is 1. The van der Waals surface area contributed by atoms with Gasteiger partial charge in [-0.2, -0.15) is 5.10 Å². The molecule has 1 aliphatic rings. The fourth-order valence-corrected chi connectivity index (χ4v) is 4.36. The molecule has 1 N–H and O–H groups in total. The lowest BCUT2D eigenvalue weighted by molar-refractivity contribution is -0.0314. The van der Waals surface area contributed by atoms with Crippen molar-refractivity contribution in [1.29, 1.82) is 0 Å². The largest absolute Gasteiger partial charge is 0.382 e. The number of rotatable bonds is 8. The molecule has 0 amide bonds. The first-order valence-corrected chi connectivity index (χ1v) is 10.9. The van der Waals surface area contributed by atoms with E-state index in [1.165, 1.54) is 23.4 Å². The van der Waals surface area contributed by atoms with Crippen LogP contribution in [0.2, 0.25) is 5.02 Å². The van der Waals surface area contributed by atoms with E-state index in [9.17, 15) is 18.7 Å². The molecular formula is C23H24ClF2N5O2. The van der Waals surface area contributed by atoms with Gasteiger partial charge in [-0.3, -0.25) is 14.6 Å². The minimum Gasteiger partial charge on any atom is -0.382 e. The Morgan fingerprint density at radius 3 is 2.45 bits per heavy atom. The molecule has 7 nitrogen and oxygen atoms in total. The van der Waals surface area contributed by atoms with Gasteiger partial charge in [-0.1, -0.05) is 29.8 Å². The second-order valence-corrected chi connectivity index (χ2v) is 8.61. The molecule has 0 saturated carbocycles. The van der Waals surface area contributed by atoms with Crippen LogP contribution in [-0.4, -0.2) is 74.7 Å². The number of halogens is 3. The van der Waals surface area contributed by atoms with Crippen LogP contribution in [0.15, 0.2) is 55.1 Å². The van der Waals surface area contributed by atoms with Gasteiger partial charge in [0.1, 0.15) is 29.9 Å². The third-order valence-electron chi connectivity index (χ3n) is 5.81. The summed E-state index contributed by atoms with van der Waals surface area (Å²) in [4.78, 5) is 20.5. The number of aromatic nitrogens is 3. The Kier molecular flexibility index (Phi) is 7.14. The van der Waals surface area contributed by atoms with Gasteiger partial charge in [0, 0.05) is 49.9 Å². The van der Waals surface area contributed by atoms with E-state index in [1.54, 1.807) is 24.3 Å². The van der Waals surface area contributed by atoms with E-state index in [2.05, 4.69) is 10.1 Å². The highest BCUT2D eigenvalue weighted by atomic mass is 35.5. The Hall–Kier alpha value is -2.72. The van der Waals surface area contributed by atoms with Gasteiger partial charge >= 0.3 is 0 Å². The predicted octanol–water partition coefficient (Wildman–Crippen LogP) is 2.60. The van der Waals surface area contributed by atoms with Crippen molar-refractivity contribution in [2.75, 3.05) is 39.3 Å². The highest BCUT2D eigenvalue weighted by molar-refractivity contribution is 6.34. The summed E-state index contributed by atoms with van der Waals surface area (Å²) in [6.07, 6.45) is 2.76. The highest BCUT2D eigenvalue weighted by Crippen LogP contribution is 2.28. The van der Waals surface area contributed by atoms with Gasteiger partial charge in [-0.25, -0.2) is 18.4 Å². The first-order valence-electron chi connectivity index (χ1n) is 10.6. The highest BCUT2D eigenvalue weighted by Gasteiger charge is 2.36. The average molecular weight is 476 g/mol. The number of carbonyl (C=O) groups is 1. The Labute approximate surface area is 195 Å². The zero-order valence-corrected chi connectivity index (χ0v) is 18.6. The van der Waals surface area contributed by atoms with E-state index in [0.717, 1.165) is 12.1 Å². The van der Waals surface area contributed by atoms with Crippen LogP contribution < -0.4 is 0 Å². The van der Waals surface area contributed by atoms with Gasteiger partial charge in [-0.15, -0.1) is 0 Å². The number of nitrogens with zero attached hydrogens (tertiary/aromatic N) is 5. The quantitative estimate of drug-likeness (QED) is 0.505. The third kappa shape index (κ3) is 5.62. The molecule has 0 radical (unpaired) electrons. The molecule has 2 aromatic carbocycles. The van der Waals surface area contributed by atoms with Crippen LogP contribution in [0, 0.1) is 11.6 Å². The van der Waals surface area contributed by atoms with Crippen molar-refractivity contribution in [2.24, 2.45) is 0 Å². The van der Waals surface area contributed by atoms with Crippen LogP contribution >= 0.6 is 11.6 Å². The normalized spacial score (nSPS) is 17.1. The lowest BCUT2D eigenvalue weighted by Crippen LogP contribution is -2.53. The minimum absolute atomic E-state index is 0.00396. The van der Waals surface area contributed by atoms with Gasteiger partial charge < -0.3 is 5.11 Å². The molecule has 10 heteroatoms. The average Bonchev–Trinajstić information content (AvgIpc) is 3.28. The maximum absolute atomic E-state index is 14.6. The topological polar surface area (TPSA) is 74.5 Å². The molecule has 1 fully saturated rings. The number of aliphatic hydroxyl groups is 1. The lowest BCUT2D eigenvalue weighted by atomic mass is 9.92. The van der Waals surface area contributed by atoms with Crippen molar-refractivity contribution in [2.45, 2.75) is 12.1 Å². The van der Waals surface area contributed by atoms with Gasteiger partial charge in [0.05, 0.1) is 18.1 Å². The van der Waals surface area contributed by atoms with Crippen molar-refractivity contribution in [3.63, 3.8) is 0 Å². The number of hydrogen-bond donors (Lipinski definition) is 1.